The molecule has 0 saturated carbocycles. The van der Waals surface area contributed by atoms with Crippen LogP contribution < -0.4 is 15.0 Å². The summed E-state index contributed by atoms with van der Waals surface area (Å²) < 4.78 is 5.91. The molecule has 0 spiro atoms. The maximum Gasteiger partial charge on any atom is 0.291 e. The molecule has 2 atom stereocenters. The standard InChI is InChI=1S/C32H30N6O4/c1-38-27-15-21(8-11-25(39)14-22-7-10-23-17-33-18-24(23)13-22)9-12-28(27)42-19-26(32(38)41)34-31(40)30-35-29(36-37-30)16-20-5-3-2-4-6-20/h2-7,9-10,12-13,15,17,26,29H,8,11,14,16,18-19H2,1H3,(H,34,40). The molecule has 0 aromatic heterocycles. The molecule has 2 unspecified atom stereocenters. The minimum atomic E-state index is -0.927. The van der Waals surface area contributed by atoms with E-state index >= 15 is 0 Å². The lowest BCUT2D eigenvalue weighted by atomic mass is 9.99. The summed E-state index contributed by atoms with van der Waals surface area (Å²) in [4.78, 5) is 49.0. The number of amidine groups is 1. The molecule has 0 aliphatic carbocycles. The fourth-order valence-electron chi connectivity index (χ4n) is 5.23. The molecule has 212 valence electrons. The number of nitrogens with one attached hydrogen (secondary N) is 1. The first kappa shape index (κ1) is 27.2. The third-order valence-corrected chi connectivity index (χ3v) is 7.54. The van der Waals surface area contributed by atoms with Gasteiger partial charge >= 0.3 is 0 Å². The van der Waals surface area contributed by atoms with Crippen LogP contribution in [0.5, 0.6) is 5.75 Å². The number of benzene rings is 3. The van der Waals surface area contributed by atoms with Crippen LogP contribution in [0.4, 0.5) is 5.69 Å². The summed E-state index contributed by atoms with van der Waals surface area (Å²) >= 11 is 0. The summed E-state index contributed by atoms with van der Waals surface area (Å²) in [5.41, 5.74) is 5.80. The minimum Gasteiger partial charge on any atom is -0.489 e. The lowest BCUT2D eigenvalue weighted by molar-refractivity contribution is -0.124. The molecule has 6 rings (SSSR count). The summed E-state index contributed by atoms with van der Waals surface area (Å²) in [7, 11) is 1.64. The quantitative estimate of drug-likeness (QED) is 0.428. The van der Waals surface area contributed by atoms with E-state index in [0.29, 0.717) is 43.7 Å². The van der Waals surface area contributed by atoms with Crippen molar-refractivity contribution in [2.24, 2.45) is 20.2 Å². The summed E-state index contributed by atoms with van der Waals surface area (Å²) in [5.74, 6) is -0.296. The van der Waals surface area contributed by atoms with Crippen LogP contribution in [0.3, 0.4) is 0 Å². The molecule has 0 fully saturated rings. The molecule has 3 aliphatic heterocycles. The van der Waals surface area contributed by atoms with Crippen molar-refractivity contribution in [3.8, 4) is 5.75 Å². The Morgan fingerprint density at radius 3 is 2.71 bits per heavy atom. The van der Waals surface area contributed by atoms with Gasteiger partial charge in [0.2, 0.25) is 5.84 Å². The van der Waals surface area contributed by atoms with Gasteiger partial charge in [0.25, 0.3) is 11.8 Å². The number of fused-ring (bicyclic) bond motifs is 2. The lowest BCUT2D eigenvalue weighted by Gasteiger charge is -2.20. The Bertz CT molecular complexity index is 1630. The first-order valence-electron chi connectivity index (χ1n) is 13.9. The van der Waals surface area contributed by atoms with E-state index < -0.39 is 18.1 Å². The maximum absolute atomic E-state index is 13.3. The van der Waals surface area contributed by atoms with Gasteiger partial charge in [-0.15, -0.1) is 5.11 Å². The SMILES string of the molecule is CN1C(=O)C(NC(=O)C2=NC(Cc3ccccc3)N=N2)COc2ccc(CCC(=O)Cc3ccc4c(c3)CN=C4)cc21. The van der Waals surface area contributed by atoms with Crippen molar-refractivity contribution in [3.05, 3.63) is 94.5 Å². The number of aryl methyl sites for hydroxylation is 1. The number of Topliss-reactive ketones (excluding diaryl/α,β-unsaturated/α-hetero) is 1. The molecular weight excluding hydrogens is 532 g/mol. The number of aliphatic imine (C=N–C) groups is 2. The molecule has 0 saturated heterocycles. The van der Waals surface area contributed by atoms with E-state index in [9.17, 15) is 14.4 Å². The maximum atomic E-state index is 13.3. The largest absolute Gasteiger partial charge is 0.489 e. The molecule has 0 bridgehead atoms. The van der Waals surface area contributed by atoms with Crippen LogP contribution in [0.25, 0.3) is 0 Å². The van der Waals surface area contributed by atoms with Crippen molar-refractivity contribution in [2.75, 3.05) is 18.6 Å². The van der Waals surface area contributed by atoms with Crippen molar-refractivity contribution >= 4 is 35.3 Å². The second-order valence-electron chi connectivity index (χ2n) is 10.6. The van der Waals surface area contributed by atoms with Crippen molar-refractivity contribution < 1.29 is 19.1 Å². The molecule has 1 N–H and O–H groups in total. The average molecular weight is 563 g/mol. The van der Waals surface area contributed by atoms with Gasteiger partial charge in [0.05, 0.1) is 12.2 Å². The number of amides is 2. The number of hydrogen-bond donors (Lipinski definition) is 1. The van der Waals surface area contributed by atoms with E-state index in [2.05, 4.69) is 31.6 Å². The van der Waals surface area contributed by atoms with Crippen LogP contribution >= 0.6 is 0 Å². The fourth-order valence-corrected chi connectivity index (χ4v) is 5.23. The van der Waals surface area contributed by atoms with Crippen molar-refractivity contribution in [1.29, 1.82) is 0 Å². The number of azo groups is 1. The molecule has 42 heavy (non-hydrogen) atoms. The zero-order valence-electron chi connectivity index (χ0n) is 23.2. The van der Waals surface area contributed by atoms with E-state index in [1.54, 1.807) is 13.1 Å². The first-order valence-corrected chi connectivity index (χ1v) is 13.9. The molecule has 0 radical (unpaired) electrons. The number of nitrogens with zero attached hydrogens (tertiary/aromatic N) is 5. The van der Waals surface area contributed by atoms with Crippen LogP contribution in [0.1, 0.15) is 34.2 Å². The van der Waals surface area contributed by atoms with Gasteiger partial charge in [0.1, 0.15) is 24.2 Å². The minimum absolute atomic E-state index is 0.0383. The second-order valence-corrected chi connectivity index (χ2v) is 10.6. The van der Waals surface area contributed by atoms with E-state index in [1.165, 1.54) is 4.90 Å². The highest BCUT2D eigenvalue weighted by Gasteiger charge is 2.32. The van der Waals surface area contributed by atoms with Gasteiger partial charge in [0, 0.05) is 32.5 Å². The molecule has 3 aromatic carbocycles. The first-order chi connectivity index (χ1) is 20.4. The van der Waals surface area contributed by atoms with E-state index in [-0.39, 0.29) is 24.1 Å². The molecule has 10 nitrogen and oxygen atoms in total. The van der Waals surface area contributed by atoms with E-state index in [1.807, 2.05) is 60.8 Å². The number of ether oxygens (including phenoxy) is 1. The molecule has 3 aromatic rings. The Morgan fingerprint density at radius 1 is 1.02 bits per heavy atom. The van der Waals surface area contributed by atoms with E-state index in [0.717, 1.165) is 27.8 Å². The van der Waals surface area contributed by atoms with Gasteiger partial charge in [-0.3, -0.25) is 19.4 Å². The van der Waals surface area contributed by atoms with Crippen LogP contribution in [-0.2, 0) is 40.2 Å². The third-order valence-electron chi connectivity index (χ3n) is 7.54. The number of hydrogen-bond acceptors (Lipinski definition) is 8. The van der Waals surface area contributed by atoms with Gasteiger partial charge in [0.15, 0.2) is 6.17 Å². The van der Waals surface area contributed by atoms with Gasteiger partial charge < -0.3 is 15.0 Å². The molecule has 2 amide bonds. The zero-order valence-corrected chi connectivity index (χ0v) is 23.2. The zero-order chi connectivity index (χ0) is 29.1. The third kappa shape index (κ3) is 6.02. The topological polar surface area (TPSA) is 125 Å². The normalized spacial score (nSPS) is 18.6. The van der Waals surface area contributed by atoms with Crippen LogP contribution in [-0.4, -0.2) is 55.5 Å². The monoisotopic (exact) mass is 562 g/mol. The summed E-state index contributed by atoms with van der Waals surface area (Å²) in [6, 6.07) is 20.4. The smallest absolute Gasteiger partial charge is 0.291 e. The van der Waals surface area contributed by atoms with Gasteiger partial charge in [-0.2, -0.15) is 5.11 Å². The number of likely N-dealkylation sites (N-methyl/N-ethyl adjacent to an activating group) is 1. The molecular formula is C32H30N6O4. The predicted molar refractivity (Wildman–Crippen MR) is 158 cm³/mol. The molecule has 3 heterocycles. The number of rotatable bonds is 9. The highest BCUT2D eigenvalue weighted by molar-refractivity contribution is 6.38. The van der Waals surface area contributed by atoms with Gasteiger partial charge in [-0.1, -0.05) is 54.6 Å². The average Bonchev–Trinajstić information content (AvgIpc) is 3.65. The lowest BCUT2D eigenvalue weighted by Crippen LogP contribution is -2.50. The second kappa shape index (κ2) is 11.9. The highest BCUT2D eigenvalue weighted by Crippen LogP contribution is 2.32. The number of anilines is 1. The Kier molecular flexibility index (Phi) is 7.68. The Morgan fingerprint density at radius 2 is 1.86 bits per heavy atom. The Hall–Kier alpha value is -4.99. The molecule has 10 heteroatoms. The molecule has 3 aliphatic rings. The van der Waals surface area contributed by atoms with Crippen LogP contribution in [0.2, 0.25) is 0 Å². The number of carbonyl (C=O) groups excluding carboxylic acids is 3. The van der Waals surface area contributed by atoms with Crippen molar-refractivity contribution in [3.63, 3.8) is 0 Å². The highest BCUT2D eigenvalue weighted by atomic mass is 16.5. The fraction of sp³-hybridized carbons (Fsp3) is 0.281. The van der Waals surface area contributed by atoms with Crippen LogP contribution in [0, 0.1) is 0 Å². The van der Waals surface area contributed by atoms with Crippen LogP contribution in [0.15, 0.2) is 86.9 Å². The summed E-state index contributed by atoms with van der Waals surface area (Å²) in [5, 5.41) is 10.7. The summed E-state index contributed by atoms with van der Waals surface area (Å²) in [6.45, 7) is 0.629. The predicted octanol–water partition coefficient (Wildman–Crippen LogP) is 3.64. The van der Waals surface area contributed by atoms with Crippen molar-refractivity contribution in [1.82, 2.24) is 5.32 Å². The number of carbonyl (C=O) groups is 3. The summed E-state index contributed by atoms with van der Waals surface area (Å²) in [6.07, 6.45) is 3.21. The van der Waals surface area contributed by atoms with E-state index in [4.69, 9.17) is 4.74 Å². The number of ketones is 1. The van der Waals surface area contributed by atoms with Gasteiger partial charge in [-0.25, -0.2) is 4.99 Å². The Labute approximate surface area is 243 Å². The van der Waals surface area contributed by atoms with Crippen molar-refractivity contribution in [2.45, 2.75) is 44.4 Å². The Balaban J connectivity index is 1.05. The van der Waals surface area contributed by atoms with Gasteiger partial charge in [-0.05, 0) is 46.4 Å².